The number of carbonyl (C=O) groups is 2. The van der Waals surface area contributed by atoms with E-state index in [0.29, 0.717) is 11.3 Å². The van der Waals surface area contributed by atoms with Crippen molar-refractivity contribution in [3.8, 4) is 0 Å². The average Bonchev–Trinajstić information content (AvgIpc) is 2.38. The highest BCUT2D eigenvalue weighted by atomic mass is 35.5. The predicted molar refractivity (Wildman–Crippen MR) is 82.2 cm³/mol. The topological polar surface area (TPSA) is 58.2 Å². The number of hydrogen-bond donors (Lipinski definition) is 2. The summed E-state index contributed by atoms with van der Waals surface area (Å²) in [5.41, 5.74) is 0.581. The normalized spacial score (nSPS) is 11.3. The maximum Gasteiger partial charge on any atom is 0.251 e. The summed E-state index contributed by atoms with van der Waals surface area (Å²) in [6.07, 6.45) is 0. The second-order valence-corrected chi connectivity index (χ2v) is 5.94. The van der Waals surface area contributed by atoms with Gasteiger partial charge >= 0.3 is 0 Å². The van der Waals surface area contributed by atoms with Crippen LogP contribution in [0.4, 0.5) is 5.69 Å². The largest absolute Gasteiger partial charge is 0.350 e. The Bertz CT molecular complexity index is 481. The van der Waals surface area contributed by atoms with E-state index in [9.17, 15) is 9.59 Å². The van der Waals surface area contributed by atoms with Crippen molar-refractivity contribution in [3.63, 3.8) is 0 Å². The highest BCUT2D eigenvalue weighted by molar-refractivity contribution is 6.20. The second-order valence-electron chi connectivity index (χ2n) is 5.68. The molecule has 5 heteroatoms. The molecule has 2 N–H and O–H groups in total. The Kier molecular flexibility index (Phi) is 5.57. The molecule has 0 fully saturated rings. The fraction of sp³-hybridized carbons (Fsp3) is 0.467. The summed E-state index contributed by atoms with van der Waals surface area (Å²) >= 11 is 5.76. The standard InChI is InChI=1S/C15H21ClN2O2/c1-10(2)17-13(19)11-5-7-12(8-6-11)18-14(20)15(3,4)9-16/h5-8,10H,9H2,1-4H3,(H,17,19)(H,18,20). The molecule has 0 saturated carbocycles. The molecular formula is C15H21ClN2O2. The van der Waals surface area contributed by atoms with Crippen LogP contribution < -0.4 is 10.6 Å². The highest BCUT2D eigenvalue weighted by Gasteiger charge is 2.26. The van der Waals surface area contributed by atoms with Gasteiger partial charge in [-0.05, 0) is 52.0 Å². The smallest absolute Gasteiger partial charge is 0.251 e. The fourth-order valence-electron chi connectivity index (χ4n) is 1.41. The lowest BCUT2D eigenvalue weighted by atomic mass is 9.95. The number of amides is 2. The summed E-state index contributed by atoms with van der Waals surface area (Å²) < 4.78 is 0. The Hall–Kier alpha value is -1.55. The lowest BCUT2D eigenvalue weighted by molar-refractivity contribution is -0.122. The zero-order valence-electron chi connectivity index (χ0n) is 12.3. The van der Waals surface area contributed by atoms with Crippen LogP contribution in [0, 0.1) is 5.41 Å². The van der Waals surface area contributed by atoms with Gasteiger partial charge in [0.15, 0.2) is 0 Å². The molecule has 0 aromatic heterocycles. The van der Waals surface area contributed by atoms with Crippen molar-refractivity contribution < 1.29 is 9.59 Å². The Morgan fingerprint density at radius 1 is 1.20 bits per heavy atom. The summed E-state index contributed by atoms with van der Waals surface area (Å²) in [4.78, 5) is 23.7. The van der Waals surface area contributed by atoms with Gasteiger partial charge in [0.05, 0.1) is 5.41 Å². The molecule has 2 amide bonds. The van der Waals surface area contributed by atoms with E-state index in [4.69, 9.17) is 11.6 Å². The van der Waals surface area contributed by atoms with Gasteiger partial charge in [0.25, 0.3) is 5.91 Å². The number of anilines is 1. The van der Waals surface area contributed by atoms with Gasteiger partial charge < -0.3 is 10.6 Å². The molecule has 4 nitrogen and oxygen atoms in total. The lowest BCUT2D eigenvalue weighted by Crippen LogP contribution is -2.32. The first kappa shape index (κ1) is 16.5. The number of benzene rings is 1. The van der Waals surface area contributed by atoms with Gasteiger partial charge in [-0.2, -0.15) is 0 Å². The number of alkyl halides is 1. The Labute approximate surface area is 124 Å². The zero-order chi connectivity index (χ0) is 15.3. The number of carbonyl (C=O) groups excluding carboxylic acids is 2. The first-order chi connectivity index (χ1) is 9.26. The van der Waals surface area contributed by atoms with Crippen molar-refractivity contribution in [2.24, 2.45) is 5.41 Å². The molecule has 0 saturated heterocycles. The van der Waals surface area contributed by atoms with Crippen molar-refractivity contribution in [1.29, 1.82) is 0 Å². The highest BCUT2D eigenvalue weighted by Crippen LogP contribution is 2.20. The number of rotatable bonds is 5. The van der Waals surface area contributed by atoms with Crippen molar-refractivity contribution in [2.75, 3.05) is 11.2 Å². The molecule has 1 aromatic carbocycles. The minimum absolute atomic E-state index is 0.0893. The van der Waals surface area contributed by atoms with Gasteiger partial charge in [-0.15, -0.1) is 11.6 Å². The third-order valence-corrected chi connectivity index (χ3v) is 3.44. The SMILES string of the molecule is CC(C)NC(=O)c1ccc(NC(=O)C(C)(C)CCl)cc1. The molecule has 0 bridgehead atoms. The van der Waals surface area contributed by atoms with Crippen LogP contribution in [0.25, 0.3) is 0 Å². The van der Waals surface area contributed by atoms with Gasteiger partial charge in [0.1, 0.15) is 0 Å². The molecule has 0 atom stereocenters. The first-order valence-electron chi connectivity index (χ1n) is 6.54. The Balaban J connectivity index is 2.73. The van der Waals surface area contributed by atoms with Gasteiger partial charge in [0.2, 0.25) is 5.91 Å². The summed E-state index contributed by atoms with van der Waals surface area (Å²) in [6, 6.07) is 6.86. The van der Waals surface area contributed by atoms with E-state index >= 15 is 0 Å². The van der Waals surface area contributed by atoms with Crippen LogP contribution in [0.5, 0.6) is 0 Å². The van der Waals surface area contributed by atoms with Gasteiger partial charge in [0, 0.05) is 23.2 Å². The molecule has 0 aliphatic carbocycles. The minimum Gasteiger partial charge on any atom is -0.350 e. The average molecular weight is 297 g/mol. The van der Waals surface area contributed by atoms with E-state index < -0.39 is 5.41 Å². The summed E-state index contributed by atoms with van der Waals surface area (Å²) in [7, 11) is 0. The van der Waals surface area contributed by atoms with Gasteiger partial charge in [-0.25, -0.2) is 0 Å². The molecule has 0 radical (unpaired) electrons. The summed E-state index contributed by atoms with van der Waals surface area (Å²) in [5.74, 6) is -0.0286. The van der Waals surface area contributed by atoms with Crippen LogP contribution in [-0.2, 0) is 4.79 Å². The van der Waals surface area contributed by atoms with E-state index in [0.717, 1.165) is 0 Å². The maximum atomic E-state index is 12.0. The predicted octanol–water partition coefficient (Wildman–Crippen LogP) is 3.03. The van der Waals surface area contributed by atoms with Crippen LogP contribution in [0.3, 0.4) is 0 Å². The van der Waals surface area contributed by atoms with Crippen molar-refractivity contribution >= 4 is 29.1 Å². The van der Waals surface area contributed by atoms with E-state index in [-0.39, 0.29) is 23.7 Å². The van der Waals surface area contributed by atoms with Gasteiger partial charge in [-0.3, -0.25) is 9.59 Å². The maximum absolute atomic E-state index is 12.0. The molecule has 0 spiro atoms. The molecule has 20 heavy (non-hydrogen) atoms. The van der Waals surface area contributed by atoms with Crippen LogP contribution in [0.15, 0.2) is 24.3 Å². The summed E-state index contributed by atoms with van der Waals surface area (Å²) in [5, 5.41) is 5.59. The Morgan fingerprint density at radius 3 is 2.20 bits per heavy atom. The van der Waals surface area contributed by atoms with Crippen molar-refractivity contribution in [2.45, 2.75) is 33.7 Å². The number of halogens is 1. The first-order valence-corrected chi connectivity index (χ1v) is 7.08. The quantitative estimate of drug-likeness (QED) is 0.821. The van der Waals surface area contributed by atoms with Crippen molar-refractivity contribution in [3.05, 3.63) is 29.8 Å². The third kappa shape index (κ3) is 4.53. The summed E-state index contributed by atoms with van der Waals surface area (Å²) in [6.45, 7) is 7.36. The van der Waals surface area contributed by atoms with E-state index in [1.54, 1.807) is 38.1 Å². The van der Waals surface area contributed by atoms with Crippen LogP contribution in [0.1, 0.15) is 38.1 Å². The van der Waals surface area contributed by atoms with Crippen molar-refractivity contribution in [1.82, 2.24) is 5.32 Å². The van der Waals surface area contributed by atoms with E-state index in [1.165, 1.54) is 0 Å². The molecule has 0 aliphatic rings. The number of nitrogens with one attached hydrogen (secondary N) is 2. The van der Waals surface area contributed by atoms with E-state index in [2.05, 4.69) is 10.6 Å². The number of hydrogen-bond acceptors (Lipinski definition) is 2. The van der Waals surface area contributed by atoms with Crippen LogP contribution in [0.2, 0.25) is 0 Å². The van der Waals surface area contributed by atoms with E-state index in [1.807, 2.05) is 13.8 Å². The molecule has 1 aromatic rings. The zero-order valence-corrected chi connectivity index (χ0v) is 13.0. The Morgan fingerprint density at radius 2 is 1.75 bits per heavy atom. The van der Waals surface area contributed by atoms with Crippen LogP contribution in [-0.4, -0.2) is 23.7 Å². The fourth-order valence-corrected chi connectivity index (χ4v) is 1.53. The lowest BCUT2D eigenvalue weighted by Gasteiger charge is -2.20. The molecule has 0 aliphatic heterocycles. The second kappa shape index (κ2) is 6.75. The third-order valence-electron chi connectivity index (χ3n) is 2.77. The molecule has 1 rings (SSSR count). The molecule has 0 unspecified atom stereocenters. The molecule has 0 heterocycles. The van der Waals surface area contributed by atoms with Crippen LogP contribution >= 0.6 is 11.6 Å². The molecule has 110 valence electrons. The monoisotopic (exact) mass is 296 g/mol. The minimum atomic E-state index is -0.630. The van der Waals surface area contributed by atoms with Gasteiger partial charge in [-0.1, -0.05) is 0 Å². The molecular weight excluding hydrogens is 276 g/mol.